The Kier molecular flexibility index (Phi) is 5.36. The summed E-state index contributed by atoms with van der Waals surface area (Å²) >= 11 is 1.30. The van der Waals surface area contributed by atoms with Gasteiger partial charge in [0.2, 0.25) is 0 Å². The lowest BCUT2D eigenvalue weighted by Gasteiger charge is -2.22. The van der Waals surface area contributed by atoms with Gasteiger partial charge in [-0.25, -0.2) is 9.37 Å². The molecule has 0 saturated heterocycles. The van der Waals surface area contributed by atoms with Crippen LogP contribution in [0.5, 0.6) is 0 Å². The summed E-state index contributed by atoms with van der Waals surface area (Å²) < 4.78 is 14.5. The van der Waals surface area contributed by atoms with Crippen LogP contribution in [0.25, 0.3) is 4.96 Å². The third-order valence-corrected chi connectivity index (χ3v) is 5.17. The first-order valence-corrected chi connectivity index (χ1v) is 9.07. The summed E-state index contributed by atoms with van der Waals surface area (Å²) in [7, 11) is 0. The molecule has 0 aliphatic rings. The molecule has 26 heavy (non-hydrogen) atoms. The van der Waals surface area contributed by atoms with Gasteiger partial charge >= 0.3 is 0 Å². The molecule has 138 valence electrons. The van der Waals surface area contributed by atoms with Crippen LogP contribution in [0, 0.1) is 12.7 Å². The summed E-state index contributed by atoms with van der Waals surface area (Å²) in [4.78, 5) is 20.3. The number of hydrogen-bond donors (Lipinski definition) is 2. The van der Waals surface area contributed by atoms with E-state index in [-0.39, 0.29) is 11.4 Å². The smallest absolute Gasteiger partial charge is 0.259 e. The maximum atomic E-state index is 13.1. The van der Waals surface area contributed by atoms with Crippen LogP contribution < -0.4 is 10.5 Å². The molecule has 3 aromatic rings. The zero-order chi connectivity index (χ0) is 18.8. The van der Waals surface area contributed by atoms with Gasteiger partial charge in [-0.05, 0) is 38.1 Å². The van der Waals surface area contributed by atoms with E-state index < -0.39 is 12.7 Å². The molecule has 0 radical (unpaired) electrons. The number of aliphatic hydroxyl groups excluding tert-OH is 2. The van der Waals surface area contributed by atoms with Crippen LogP contribution in [-0.2, 0) is 6.54 Å². The first-order valence-electron chi connectivity index (χ1n) is 8.26. The summed E-state index contributed by atoms with van der Waals surface area (Å²) in [6.07, 6.45) is -1.12. The van der Waals surface area contributed by atoms with Crippen LogP contribution in [0.3, 0.4) is 0 Å². The highest BCUT2D eigenvalue weighted by Crippen LogP contribution is 2.25. The van der Waals surface area contributed by atoms with Gasteiger partial charge in [-0.1, -0.05) is 0 Å². The number of hydrogen-bond acceptors (Lipinski definition) is 6. The third-order valence-electron chi connectivity index (χ3n) is 4.20. The molecule has 0 aliphatic carbocycles. The van der Waals surface area contributed by atoms with Crippen molar-refractivity contribution in [3.05, 3.63) is 62.8 Å². The van der Waals surface area contributed by atoms with Gasteiger partial charge in [0.25, 0.3) is 5.56 Å². The zero-order valence-electron chi connectivity index (χ0n) is 14.5. The number of benzene rings is 1. The van der Waals surface area contributed by atoms with Gasteiger partial charge < -0.3 is 15.1 Å². The van der Waals surface area contributed by atoms with Crippen molar-refractivity contribution >= 4 is 22.0 Å². The predicted molar refractivity (Wildman–Crippen MR) is 99.2 cm³/mol. The van der Waals surface area contributed by atoms with E-state index in [2.05, 4.69) is 4.98 Å². The van der Waals surface area contributed by atoms with Gasteiger partial charge in [0.15, 0.2) is 4.96 Å². The third kappa shape index (κ3) is 3.48. The molecule has 6 nitrogen and oxygen atoms in total. The van der Waals surface area contributed by atoms with Crippen molar-refractivity contribution in [3.63, 3.8) is 0 Å². The molecular formula is C18H20FN3O3S. The Morgan fingerprint density at radius 3 is 2.65 bits per heavy atom. The second-order valence-electron chi connectivity index (χ2n) is 5.94. The maximum Gasteiger partial charge on any atom is 0.259 e. The topological polar surface area (TPSA) is 78.1 Å². The van der Waals surface area contributed by atoms with E-state index in [9.17, 15) is 19.4 Å². The average Bonchev–Trinajstić information content (AvgIpc) is 2.96. The van der Waals surface area contributed by atoms with Crippen LogP contribution in [0.2, 0.25) is 0 Å². The molecular weight excluding hydrogens is 357 g/mol. The molecule has 2 N–H and O–H groups in total. The minimum absolute atomic E-state index is 0.299. The van der Waals surface area contributed by atoms with Crippen molar-refractivity contribution in [1.29, 1.82) is 0 Å². The highest BCUT2D eigenvalue weighted by Gasteiger charge is 2.19. The SMILES string of the molecule is CCN(Cc1cc(=O)n2c(C(O)CO)c(C)sc2n1)c1ccc(F)cc1. The highest BCUT2D eigenvalue weighted by atomic mass is 32.1. The van der Waals surface area contributed by atoms with Crippen LogP contribution in [0.4, 0.5) is 10.1 Å². The molecule has 0 spiro atoms. The summed E-state index contributed by atoms with van der Waals surface area (Å²) in [5.74, 6) is -0.299. The first-order chi connectivity index (χ1) is 12.4. The molecule has 2 heterocycles. The van der Waals surface area contributed by atoms with E-state index in [0.29, 0.717) is 29.4 Å². The highest BCUT2D eigenvalue weighted by molar-refractivity contribution is 7.17. The number of halogens is 1. The molecule has 0 fully saturated rings. The van der Waals surface area contributed by atoms with E-state index >= 15 is 0 Å². The van der Waals surface area contributed by atoms with Gasteiger partial charge in [0.1, 0.15) is 11.9 Å². The summed E-state index contributed by atoms with van der Waals surface area (Å²) in [6, 6.07) is 7.60. The molecule has 0 aliphatic heterocycles. The van der Waals surface area contributed by atoms with Gasteiger partial charge in [-0.2, -0.15) is 0 Å². The van der Waals surface area contributed by atoms with Crippen LogP contribution >= 0.6 is 11.3 Å². The number of aryl methyl sites for hydroxylation is 1. The van der Waals surface area contributed by atoms with Gasteiger partial charge in [-0.3, -0.25) is 9.20 Å². The van der Waals surface area contributed by atoms with Crippen molar-refractivity contribution < 1.29 is 14.6 Å². The van der Waals surface area contributed by atoms with E-state index in [1.54, 1.807) is 19.1 Å². The lowest BCUT2D eigenvalue weighted by Crippen LogP contribution is -2.25. The van der Waals surface area contributed by atoms with Crippen LogP contribution in [-0.4, -0.2) is 32.7 Å². The Balaban J connectivity index is 1.98. The van der Waals surface area contributed by atoms with E-state index in [4.69, 9.17) is 0 Å². The molecule has 0 amide bonds. The number of nitrogens with zero attached hydrogens (tertiary/aromatic N) is 3. The lowest BCUT2D eigenvalue weighted by atomic mass is 10.2. The normalized spacial score (nSPS) is 12.5. The van der Waals surface area contributed by atoms with E-state index in [1.807, 2.05) is 11.8 Å². The molecule has 2 aromatic heterocycles. The monoisotopic (exact) mass is 377 g/mol. The van der Waals surface area contributed by atoms with Crippen LogP contribution in [0.15, 0.2) is 35.1 Å². The fourth-order valence-electron chi connectivity index (χ4n) is 2.93. The molecule has 1 unspecified atom stereocenters. The molecule has 3 rings (SSSR count). The quantitative estimate of drug-likeness (QED) is 0.689. The van der Waals surface area contributed by atoms with Gasteiger partial charge in [-0.15, -0.1) is 11.3 Å². The minimum atomic E-state index is -1.12. The zero-order valence-corrected chi connectivity index (χ0v) is 15.3. The summed E-state index contributed by atoms with van der Waals surface area (Å²) in [5, 5.41) is 19.2. The molecule has 8 heteroatoms. The van der Waals surface area contributed by atoms with E-state index in [0.717, 1.165) is 10.6 Å². The Morgan fingerprint density at radius 1 is 1.35 bits per heavy atom. The minimum Gasteiger partial charge on any atom is -0.393 e. The van der Waals surface area contributed by atoms with E-state index in [1.165, 1.54) is 33.9 Å². The molecule has 0 saturated carbocycles. The van der Waals surface area contributed by atoms with Crippen molar-refractivity contribution in [1.82, 2.24) is 9.38 Å². The van der Waals surface area contributed by atoms with Crippen LogP contribution in [0.1, 0.15) is 29.3 Å². The number of fused-ring (bicyclic) bond motifs is 1. The Hall–Kier alpha value is -2.29. The number of thiazole rings is 1. The predicted octanol–water partition coefficient (Wildman–Crippen LogP) is 2.26. The largest absolute Gasteiger partial charge is 0.393 e. The second-order valence-corrected chi connectivity index (χ2v) is 7.12. The molecule has 1 atom stereocenters. The maximum absolute atomic E-state index is 13.1. The summed E-state index contributed by atoms with van der Waals surface area (Å²) in [5.41, 5.74) is 1.51. The number of rotatable bonds is 6. The van der Waals surface area contributed by atoms with Gasteiger partial charge in [0.05, 0.1) is 24.5 Å². The number of anilines is 1. The second kappa shape index (κ2) is 7.53. The Morgan fingerprint density at radius 2 is 2.04 bits per heavy atom. The Bertz CT molecular complexity index is 968. The van der Waals surface area contributed by atoms with Crippen molar-refractivity contribution in [2.24, 2.45) is 0 Å². The van der Waals surface area contributed by atoms with Crippen molar-refractivity contribution in [3.8, 4) is 0 Å². The van der Waals surface area contributed by atoms with Crippen molar-refractivity contribution in [2.45, 2.75) is 26.5 Å². The number of aliphatic hydroxyl groups is 2. The average molecular weight is 377 g/mol. The molecule has 1 aromatic carbocycles. The summed E-state index contributed by atoms with van der Waals surface area (Å²) in [6.45, 7) is 4.37. The van der Waals surface area contributed by atoms with Crippen molar-refractivity contribution in [2.75, 3.05) is 18.1 Å². The first kappa shape index (κ1) is 18.5. The van der Waals surface area contributed by atoms with Gasteiger partial charge in [0, 0.05) is 23.2 Å². The number of aromatic nitrogens is 2. The molecule has 0 bridgehead atoms. The standard InChI is InChI=1S/C18H20FN3O3S/c1-3-21(14-6-4-12(19)5-7-14)9-13-8-16(25)22-17(15(24)10-23)11(2)26-18(22)20-13/h4-8,15,23-24H,3,9-10H2,1-2H3. The fraction of sp³-hybridized carbons (Fsp3) is 0.333. The Labute approximate surface area is 153 Å². The lowest BCUT2D eigenvalue weighted by molar-refractivity contribution is 0.0910. The fourth-order valence-corrected chi connectivity index (χ4v) is 3.98.